The van der Waals surface area contributed by atoms with Crippen molar-refractivity contribution in [3.63, 3.8) is 0 Å². The number of nitrogen functional groups attached to an aromatic ring is 1. The third-order valence-electron chi connectivity index (χ3n) is 3.83. The van der Waals surface area contributed by atoms with E-state index in [9.17, 15) is 9.18 Å². The van der Waals surface area contributed by atoms with Gasteiger partial charge in [-0.05, 0) is 30.3 Å². The lowest BCUT2D eigenvalue weighted by Gasteiger charge is -2.18. The number of nitrogens with zero attached hydrogens (tertiary/aromatic N) is 1. The average molecular weight is 408 g/mol. The molecule has 0 atom stereocenters. The van der Waals surface area contributed by atoms with Gasteiger partial charge < -0.3 is 20.4 Å². The Labute approximate surface area is 165 Å². The molecule has 1 aromatic heterocycles. The predicted octanol–water partition coefficient (Wildman–Crippen LogP) is 5.11. The lowest BCUT2D eigenvalue weighted by atomic mass is 10.1. The van der Waals surface area contributed by atoms with Gasteiger partial charge in [-0.2, -0.15) is 0 Å². The van der Waals surface area contributed by atoms with Crippen molar-refractivity contribution >= 4 is 34.8 Å². The Bertz CT molecular complexity index is 957. The van der Waals surface area contributed by atoms with E-state index < -0.39 is 5.82 Å². The first kappa shape index (κ1) is 19.1. The summed E-state index contributed by atoms with van der Waals surface area (Å²) >= 11 is 12.0. The van der Waals surface area contributed by atoms with E-state index in [0.29, 0.717) is 16.4 Å². The number of carbonyl (C=O) groups excluding carboxylic acids is 1. The molecule has 0 saturated carbocycles. The van der Waals surface area contributed by atoms with Crippen LogP contribution in [0.25, 0.3) is 0 Å². The lowest BCUT2D eigenvalue weighted by molar-refractivity contribution is 0.0778. The van der Waals surface area contributed by atoms with E-state index in [1.165, 1.54) is 29.2 Å². The van der Waals surface area contributed by atoms with Crippen molar-refractivity contribution in [1.82, 2.24) is 9.88 Å². The van der Waals surface area contributed by atoms with Crippen LogP contribution in [0.1, 0.15) is 16.1 Å². The quantitative estimate of drug-likeness (QED) is 0.577. The van der Waals surface area contributed by atoms with Gasteiger partial charge in [0.2, 0.25) is 0 Å². The second kappa shape index (κ2) is 7.90. The minimum absolute atomic E-state index is 0.0366. The smallest absolute Gasteiger partial charge is 0.270 e. The van der Waals surface area contributed by atoms with Crippen molar-refractivity contribution in [1.29, 1.82) is 0 Å². The number of carbonyl (C=O) groups is 1. The summed E-state index contributed by atoms with van der Waals surface area (Å²) in [7, 11) is 1.58. The number of nitrogens with one attached hydrogen (secondary N) is 1. The third kappa shape index (κ3) is 4.35. The number of hydrogen-bond acceptors (Lipinski definition) is 3. The molecule has 8 heteroatoms. The Morgan fingerprint density at radius 3 is 2.70 bits per heavy atom. The first-order valence-corrected chi connectivity index (χ1v) is 8.70. The Kier molecular flexibility index (Phi) is 5.58. The van der Waals surface area contributed by atoms with Crippen molar-refractivity contribution in [3.8, 4) is 11.5 Å². The Morgan fingerprint density at radius 2 is 2.04 bits per heavy atom. The van der Waals surface area contributed by atoms with Crippen molar-refractivity contribution < 1.29 is 13.9 Å². The van der Waals surface area contributed by atoms with Crippen LogP contribution in [0.2, 0.25) is 10.0 Å². The molecule has 0 bridgehead atoms. The second-order valence-corrected chi connectivity index (χ2v) is 6.76. The third-order valence-corrected chi connectivity index (χ3v) is 4.34. The minimum atomic E-state index is -0.660. The molecule has 140 valence electrons. The predicted molar refractivity (Wildman–Crippen MR) is 104 cm³/mol. The van der Waals surface area contributed by atoms with E-state index in [0.717, 1.165) is 0 Å². The molecule has 0 aliphatic carbocycles. The molecular weight excluding hydrogens is 392 g/mol. The molecule has 0 fully saturated rings. The van der Waals surface area contributed by atoms with Crippen molar-refractivity contribution in [2.75, 3.05) is 12.8 Å². The topological polar surface area (TPSA) is 71.3 Å². The molecular formula is C19H16Cl2FN3O2. The molecule has 0 aliphatic heterocycles. The molecule has 5 nitrogen and oxygen atoms in total. The van der Waals surface area contributed by atoms with E-state index in [4.69, 9.17) is 33.7 Å². The number of hydrogen-bond donors (Lipinski definition) is 2. The summed E-state index contributed by atoms with van der Waals surface area (Å²) in [4.78, 5) is 16.5. The largest absolute Gasteiger partial charge is 0.453 e. The first-order chi connectivity index (χ1) is 12.8. The van der Waals surface area contributed by atoms with Gasteiger partial charge in [-0.3, -0.25) is 4.79 Å². The number of ether oxygens (including phenoxy) is 1. The van der Waals surface area contributed by atoms with Crippen molar-refractivity contribution in [2.45, 2.75) is 6.54 Å². The molecule has 3 N–H and O–H groups in total. The number of aromatic nitrogens is 1. The fourth-order valence-corrected chi connectivity index (χ4v) is 2.96. The molecule has 1 amide bonds. The standard InChI is InChI=1S/C19H16Cl2FN3O2/c1-25(19(26)16-3-2-6-24-16)10-11-4-5-15(21)18(17(11)22)27-14-8-12(20)7-13(23)9-14/h2-9,24H,10,23H2,1H3. The van der Waals surface area contributed by atoms with Crippen LogP contribution in [0.5, 0.6) is 11.5 Å². The van der Waals surface area contributed by atoms with Crippen molar-refractivity contribution in [3.05, 3.63) is 75.8 Å². The number of amides is 1. The van der Waals surface area contributed by atoms with Gasteiger partial charge in [-0.1, -0.05) is 29.3 Å². The highest BCUT2D eigenvalue weighted by atomic mass is 35.5. The van der Waals surface area contributed by atoms with E-state index in [-0.39, 0.29) is 34.5 Å². The van der Waals surface area contributed by atoms with Gasteiger partial charge in [0.25, 0.3) is 5.91 Å². The molecule has 0 unspecified atom stereocenters. The number of aromatic amines is 1. The Balaban J connectivity index is 1.85. The summed E-state index contributed by atoms with van der Waals surface area (Å²) in [6.45, 7) is 0.0366. The van der Waals surface area contributed by atoms with E-state index in [1.807, 2.05) is 0 Å². The van der Waals surface area contributed by atoms with Crippen LogP contribution in [-0.4, -0.2) is 22.8 Å². The van der Waals surface area contributed by atoms with Crippen LogP contribution in [0, 0.1) is 5.82 Å². The number of H-pyrrole nitrogens is 1. The van der Waals surface area contributed by atoms with E-state index in [2.05, 4.69) is 4.98 Å². The fraction of sp³-hybridized carbons (Fsp3) is 0.105. The monoisotopic (exact) mass is 407 g/mol. The summed E-state index contributed by atoms with van der Waals surface area (Å²) in [6.07, 6.45) is 1.65. The molecule has 0 spiro atoms. The molecule has 0 saturated heterocycles. The highest BCUT2D eigenvalue weighted by Crippen LogP contribution is 2.36. The van der Waals surface area contributed by atoms with Crippen LogP contribution in [-0.2, 0) is 6.54 Å². The highest BCUT2D eigenvalue weighted by molar-refractivity contribution is 6.32. The maximum atomic E-state index is 15.0. The number of benzene rings is 2. The van der Waals surface area contributed by atoms with Crippen molar-refractivity contribution in [2.24, 2.45) is 0 Å². The summed E-state index contributed by atoms with van der Waals surface area (Å²) in [6, 6.07) is 10.9. The molecule has 0 radical (unpaired) electrons. The Hall–Kier alpha value is -2.70. The van der Waals surface area contributed by atoms with E-state index in [1.54, 1.807) is 31.4 Å². The maximum absolute atomic E-state index is 15.0. The highest BCUT2D eigenvalue weighted by Gasteiger charge is 2.19. The number of halogens is 3. The SMILES string of the molecule is CN(Cc1ccc(Cl)c(Oc2cc(N)cc(Cl)c2)c1F)C(=O)c1ccc[nH]1. The zero-order chi connectivity index (χ0) is 19.6. The van der Waals surface area contributed by atoms with Gasteiger partial charge in [0.1, 0.15) is 11.4 Å². The van der Waals surface area contributed by atoms with Crippen LogP contribution < -0.4 is 10.5 Å². The van der Waals surface area contributed by atoms with Crippen LogP contribution in [0.15, 0.2) is 48.7 Å². The average Bonchev–Trinajstić information content (AvgIpc) is 3.14. The molecule has 27 heavy (non-hydrogen) atoms. The zero-order valence-corrected chi connectivity index (χ0v) is 15.8. The molecule has 0 aliphatic rings. The zero-order valence-electron chi connectivity index (χ0n) is 14.3. The second-order valence-electron chi connectivity index (χ2n) is 5.92. The van der Waals surface area contributed by atoms with Gasteiger partial charge >= 0.3 is 0 Å². The summed E-state index contributed by atoms with van der Waals surface area (Å²) in [5, 5.41) is 0.446. The van der Waals surface area contributed by atoms with Gasteiger partial charge in [0.15, 0.2) is 11.6 Å². The van der Waals surface area contributed by atoms with E-state index >= 15 is 0 Å². The summed E-state index contributed by atoms with van der Waals surface area (Å²) < 4.78 is 20.5. The van der Waals surface area contributed by atoms with Crippen LogP contribution in [0.4, 0.5) is 10.1 Å². The number of anilines is 1. The maximum Gasteiger partial charge on any atom is 0.270 e. The fourth-order valence-electron chi connectivity index (χ4n) is 2.55. The lowest BCUT2D eigenvalue weighted by Crippen LogP contribution is -2.27. The molecule has 2 aromatic carbocycles. The van der Waals surface area contributed by atoms with Gasteiger partial charge in [0, 0.05) is 42.1 Å². The van der Waals surface area contributed by atoms with Gasteiger partial charge in [-0.25, -0.2) is 4.39 Å². The van der Waals surface area contributed by atoms with Gasteiger partial charge in [-0.15, -0.1) is 0 Å². The van der Waals surface area contributed by atoms with Crippen LogP contribution >= 0.6 is 23.2 Å². The summed E-state index contributed by atoms with van der Waals surface area (Å²) in [5.74, 6) is -0.822. The van der Waals surface area contributed by atoms with Gasteiger partial charge in [0.05, 0.1) is 5.02 Å². The number of rotatable bonds is 5. The number of nitrogens with two attached hydrogens (primary N) is 1. The first-order valence-electron chi connectivity index (χ1n) is 7.95. The normalized spacial score (nSPS) is 10.7. The van der Waals surface area contributed by atoms with Crippen LogP contribution in [0.3, 0.4) is 0 Å². The Morgan fingerprint density at radius 1 is 1.26 bits per heavy atom. The molecule has 3 aromatic rings. The minimum Gasteiger partial charge on any atom is -0.453 e. The summed E-state index contributed by atoms with van der Waals surface area (Å²) in [5.41, 5.74) is 6.77. The molecule has 1 heterocycles. The molecule has 3 rings (SSSR count).